The molecule has 1 amide bonds. The first-order chi connectivity index (χ1) is 25.5. The monoisotopic (exact) mass is 755 g/mol. The van der Waals surface area contributed by atoms with Crippen LogP contribution in [-0.4, -0.2) is 63.5 Å². The highest BCUT2D eigenvalue weighted by molar-refractivity contribution is 6.36. The molecule has 0 spiro atoms. The van der Waals surface area contributed by atoms with Crippen LogP contribution in [0.25, 0.3) is 10.9 Å². The number of carbonyl (C=O) groups excluding carboxylic acids is 1. The van der Waals surface area contributed by atoms with Crippen LogP contribution in [0.15, 0.2) is 72.7 Å². The van der Waals surface area contributed by atoms with E-state index < -0.39 is 11.9 Å². The zero-order valence-corrected chi connectivity index (χ0v) is 31.7. The lowest BCUT2D eigenvalue weighted by molar-refractivity contribution is 0.0570. The second-order valence-electron chi connectivity index (χ2n) is 14.9. The number of piperidine rings is 2. The number of anilines is 3. The Labute approximate surface area is 319 Å². The van der Waals surface area contributed by atoms with Crippen molar-refractivity contribution in [3.8, 4) is 6.07 Å². The molecule has 276 valence electrons. The smallest absolute Gasteiger partial charge is 0.253 e. The lowest BCUT2D eigenvalue weighted by Gasteiger charge is -2.42. The van der Waals surface area contributed by atoms with Gasteiger partial charge in [0, 0.05) is 72.5 Å². The number of pyridine rings is 1. The molecule has 53 heavy (non-hydrogen) atoms. The summed E-state index contributed by atoms with van der Waals surface area (Å²) in [5, 5.41) is 20.1. The zero-order valence-electron chi connectivity index (χ0n) is 30.1. The average Bonchev–Trinajstić information content (AvgIpc) is 3.65. The number of likely N-dealkylation sites (tertiary alicyclic amines) is 2. The lowest BCUT2D eigenvalue weighted by atomic mass is 9.97. The topological polar surface area (TPSA) is 112 Å². The SMILES string of the molecule is CC(C)(C)N1CCC(N2C=C([C@@H](Nc3cc(Cl)c4ncc(C#N)c(Nc5ccc(F)c(Cl)c5)c4c3)c3cccc(C(=O)N4CCCCC4)c3)NN2)CC1. The molecular weight excluding hydrogens is 712 g/mol. The number of rotatable bonds is 8. The van der Waals surface area contributed by atoms with Gasteiger partial charge in [0.05, 0.1) is 38.6 Å². The third-order valence-corrected chi connectivity index (χ3v) is 11.0. The van der Waals surface area contributed by atoms with Gasteiger partial charge in [-0.1, -0.05) is 35.3 Å². The molecule has 2 fully saturated rings. The van der Waals surface area contributed by atoms with Crippen molar-refractivity contribution in [1.82, 2.24) is 30.8 Å². The second-order valence-corrected chi connectivity index (χ2v) is 15.8. The Morgan fingerprint density at radius 2 is 1.75 bits per heavy atom. The number of halogens is 3. The summed E-state index contributed by atoms with van der Waals surface area (Å²) < 4.78 is 14.0. The van der Waals surface area contributed by atoms with E-state index in [2.05, 4.69) is 69.5 Å². The molecule has 7 rings (SSSR count). The van der Waals surface area contributed by atoms with E-state index in [-0.39, 0.29) is 22.0 Å². The zero-order chi connectivity index (χ0) is 37.3. The van der Waals surface area contributed by atoms with Gasteiger partial charge in [0.15, 0.2) is 0 Å². The minimum Gasteiger partial charge on any atom is -0.373 e. The Kier molecular flexibility index (Phi) is 10.7. The molecule has 0 saturated carbocycles. The molecule has 4 heterocycles. The predicted molar refractivity (Wildman–Crippen MR) is 209 cm³/mol. The number of hydrazine groups is 2. The van der Waals surface area contributed by atoms with Gasteiger partial charge in [0.25, 0.3) is 5.91 Å². The molecule has 0 bridgehead atoms. The highest BCUT2D eigenvalue weighted by Gasteiger charge is 2.32. The van der Waals surface area contributed by atoms with Crippen LogP contribution in [0.4, 0.5) is 21.5 Å². The highest BCUT2D eigenvalue weighted by Crippen LogP contribution is 2.38. The standard InChI is InChI=1S/C40H44Cl2FN9O/c1-40(2,3)51-16-12-30(13-17-51)52-24-35(48-49-52)37(25-8-7-9-26(18-25)39(53)50-14-5-4-6-15-50)47-29-19-31-36(46-28-10-11-34(43)32(41)20-28)27(22-44)23-45-38(31)33(42)21-29/h7-11,18-21,23-24,30,37,47-49H,4-6,12-17H2,1-3H3,(H,45,46)/t37-/m0/s1. The molecule has 2 saturated heterocycles. The second kappa shape index (κ2) is 15.4. The maximum absolute atomic E-state index is 14.0. The van der Waals surface area contributed by atoms with Crippen LogP contribution in [0.5, 0.6) is 0 Å². The van der Waals surface area contributed by atoms with Crippen molar-refractivity contribution in [1.29, 1.82) is 5.26 Å². The molecule has 3 aliphatic rings. The summed E-state index contributed by atoms with van der Waals surface area (Å²) in [4.78, 5) is 22.6. The van der Waals surface area contributed by atoms with E-state index in [4.69, 9.17) is 23.2 Å². The molecule has 13 heteroatoms. The summed E-state index contributed by atoms with van der Waals surface area (Å²) in [7, 11) is 0. The van der Waals surface area contributed by atoms with E-state index in [0.29, 0.717) is 44.6 Å². The first kappa shape index (κ1) is 36.7. The third kappa shape index (κ3) is 8.02. The summed E-state index contributed by atoms with van der Waals surface area (Å²) in [5.74, 6) is -0.512. The Morgan fingerprint density at radius 3 is 2.47 bits per heavy atom. The van der Waals surface area contributed by atoms with E-state index in [1.54, 1.807) is 12.1 Å². The molecule has 0 radical (unpaired) electrons. The van der Waals surface area contributed by atoms with E-state index in [9.17, 15) is 14.4 Å². The van der Waals surface area contributed by atoms with Crippen molar-refractivity contribution < 1.29 is 9.18 Å². The van der Waals surface area contributed by atoms with Gasteiger partial charge in [0.2, 0.25) is 0 Å². The van der Waals surface area contributed by atoms with Crippen molar-refractivity contribution in [2.45, 2.75) is 70.5 Å². The normalized spacial score (nSPS) is 17.6. The van der Waals surface area contributed by atoms with Crippen LogP contribution >= 0.6 is 23.2 Å². The third-order valence-electron chi connectivity index (χ3n) is 10.4. The molecule has 10 nitrogen and oxygen atoms in total. The minimum atomic E-state index is -0.544. The number of hydrogen-bond donors (Lipinski definition) is 4. The molecule has 1 atom stereocenters. The van der Waals surface area contributed by atoms with Gasteiger partial charge in [-0.3, -0.25) is 19.7 Å². The van der Waals surface area contributed by atoms with Crippen molar-refractivity contribution in [2.75, 3.05) is 36.8 Å². The first-order valence-corrected chi connectivity index (χ1v) is 18.9. The maximum Gasteiger partial charge on any atom is 0.253 e. The Morgan fingerprint density at radius 1 is 1.00 bits per heavy atom. The molecule has 1 aromatic heterocycles. The fourth-order valence-electron chi connectivity index (χ4n) is 7.42. The number of amides is 1. The Balaban J connectivity index is 1.25. The quantitative estimate of drug-likeness (QED) is 0.141. The Hall–Kier alpha value is -4.60. The van der Waals surface area contributed by atoms with E-state index in [0.717, 1.165) is 69.5 Å². The number of nitrogens with one attached hydrogen (secondary N) is 4. The van der Waals surface area contributed by atoms with Gasteiger partial charge in [-0.25, -0.2) is 4.39 Å². The van der Waals surface area contributed by atoms with E-state index in [1.165, 1.54) is 18.3 Å². The van der Waals surface area contributed by atoms with Gasteiger partial charge in [-0.2, -0.15) is 5.26 Å². The summed E-state index contributed by atoms with van der Waals surface area (Å²) in [5.41, 5.74) is 11.7. The van der Waals surface area contributed by atoms with Crippen LogP contribution in [0.2, 0.25) is 10.0 Å². The van der Waals surface area contributed by atoms with Gasteiger partial charge in [-0.05, 0) is 101 Å². The van der Waals surface area contributed by atoms with Gasteiger partial charge in [-0.15, -0.1) is 5.53 Å². The van der Waals surface area contributed by atoms with E-state index in [1.807, 2.05) is 35.2 Å². The van der Waals surface area contributed by atoms with Crippen LogP contribution in [-0.2, 0) is 0 Å². The fraction of sp³-hybridized carbons (Fsp3) is 0.375. The molecule has 4 aromatic rings. The molecule has 0 aliphatic carbocycles. The average molecular weight is 757 g/mol. The van der Waals surface area contributed by atoms with Crippen molar-refractivity contribution >= 4 is 57.1 Å². The summed E-state index contributed by atoms with van der Waals surface area (Å²) in [6, 6.07) is 17.8. The minimum absolute atomic E-state index is 0.0319. The van der Waals surface area contributed by atoms with Gasteiger partial charge < -0.3 is 21.0 Å². The number of benzene rings is 3. The number of hydrogen-bond acceptors (Lipinski definition) is 9. The molecule has 3 aliphatic heterocycles. The van der Waals surface area contributed by atoms with Crippen LogP contribution in [0, 0.1) is 17.1 Å². The van der Waals surface area contributed by atoms with Gasteiger partial charge >= 0.3 is 0 Å². The van der Waals surface area contributed by atoms with Crippen LogP contribution in [0.1, 0.15) is 80.4 Å². The first-order valence-electron chi connectivity index (χ1n) is 18.2. The Bertz CT molecular complexity index is 2080. The van der Waals surface area contributed by atoms with Crippen molar-refractivity contribution in [3.05, 3.63) is 105 Å². The van der Waals surface area contributed by atoms with Crippen molar-refractivity contribution in [2.24, 2.45) is 0 Å². The van der Waals surface area contributed by atoms with E-state index >= 15 is 0 Å². The number of nitrogens with zero attached hydrogens (tertiary/aromatic N) is 5. The number of aromatic nitrogens is 1. The van der Waals surface area contributed by atoms with Crippen LogP contribution < -0.4 is 21.6 Å². The number of fused-ring (bicyclic) bond motifs is 1. The molecule has 0 unspecified atom stereocenters. The number of carbonyl (C=O) groups is 1. The summed E-state index contributed by atoms with van der Waals surface area (Å²) >= 11 is 13.0. The molecular formula is C40H44Cl2FN9O. The van der Waals surface area contributed by atoms with Gasteiger partial charge in [0.1, 0.15) is 11.9 Å². The van der Waals surface area contributed by atoms with Crippen LogP contribution in [0.3, 0.4) is 0 Å². The maximum atomic E-state index is 14.0. The van der Waals surface area contributed by atoms with Crippen molar-refractivity contribution in [3.63, 3.8) is 0 Å². The lowest BCUT2D eigenvalue weighted by Crippen LogP contribution is -2.52. The number of nitriles is 1. The predicted octanol–water partition coefficient (Wildman–Crippen LogP) is 8.50. The largest absolute Gasteiger partial charge is 0.373 e. The summed E-state index contributed by atoms with van der Waals surface area (Å²) in [6.07, 6.45) is 8.76. The fourth-order valence-corrected chi connectivity index (χ4v) is 7.87. The highest BCUT2D eigenvalue weighted by atomic mass is 35.5. The summed E-state index contributed by atoms with van der Waals surface area (Å²) in [6.45, 7) is 10.3. The molecule has 3 aromatic carbocycles. The molecule has 4 N–H and O–H groups in total.